The van der Waals surface area contributed by atoms with Crippen molar-refractivity contribution < 1.29 is 35.3 Å². The molecule has 28 heavy (non-hydrogen) atoms. The zero-order valence-electron chi connectivity index (χ0n) is 15.5. The number of hydrogen-bond donors (Lipinski definition) is 0. The van der Waals surface area contributed by atoms with E-state index in [-0.39, 0.29) is 30.0 Å². The van der Waals surface area contributed by atoms with Crippen LogP contribution >= 0.6 is 0 Å². The molecule has 9 heteroatoms. The molecule has 0 aliphatic heterocycles. The lowest BCUT2D eigenvalue weighted by molar-refractivity contribution is -0.145. The van der Waals surface area contributed by atoms with Crippen molar-refractivity contribution in [2.24, 2.45) is 11.8 Å². The Hall–Kier alpha value is -2.03. The second-order valence-electron chi connectivity index (χ2n) is 7.23. The Bertz CT molecular complexity index is 901. The van der Waals surface area contributed by atoms with E-state index >= 15 is 0 Å². The highest BCUT2D eigenvalue weighted by molar-refractivity contribution is 7.87. The zero-order valence-corrected chi connectivity index (χ0v) is 16.3. The number of rotatable bonds is 6. The maximum Gasteiger partial charge on any atom is 0.534 e. The Morgan fingerprint density at radius 3 is 2.46 bits per heavy atom. The molecule has 5 nitrogen and oxygen atoms in total. The van der Waals surface area contributed by atoms with Crippen LogP contribution in [0.25, 0.3) is 6.08 Å². The van der Waals surface area contributed by atoms with Crippen LogP contribution in [0, 0.1) is 11.8 Å². The first-order valence-corrected chi connectivity index (χ1v) is 10.4. The average Bonchev–Trinajstić information content (AvgIpc) is 3.44. The number of esters is 1. The monoisotopic (exact) mass is 418 g/mol. The number of hydrogen-bond acceptors (Lipinski definition) is 5. The zero-order chi connectivity index (χ0) is 20.7. The number of allylic oxidation sites excluding steroid dienone is 1. The van der Waals surface area contributed by atoms with Gasteiger partial charge in [0, 0.05) is 6.42 Å². The van der Waals surface area contributed by atoms with Gasteiger partial charge in [0.1, 0.15) is 5.76 Å². The minimum Gasteiger partial charge on any atom is -0.469 e. The molecule has 1 aromatic carbocycles. The summed E-state index contributed by atoms with van der Waals surface area (Å²) in [6.45, 7) is 1.80. The topological polar surface area (TPSA) is 69.7 Å². The predicted molar refractivity (Wildman–Crippen MR) is 95.4 cm³/mol. The molecule has 0 amide bonds. The lowest BCUT2D eigenvalue weighted by Crippen LogP contribution is -2.25. The van der Waals surface area contributed by atoms with Crippen molar-refractivity contribution in [3.05, 3.63) is 40.6 Å². The van der Waals surface area contributed by atoms with Crippen LogP contribution in [0.4, 0.5) is 13.2 Å². The Labute approximate surface area is 161 Å². The van der Waals surface area contributed by atoms with Crippen molar-refractivity contribution in [1.29, 1.82) is 0 Å². The summed E-state index contributed by atoms with van der Waals surface area (Å²) >= 11 is 0. The summed E-state index contributed by atoms with van der Waals surface area (Å²) in [5, 5.41) is 0. The van der Waals surface area contributed by atoms with Crippen LogP contribution in [0.5, 0.6) is 0 Å². The fourth-order valence-corrected chi connectivity index (χ4v) is 4.20. The summed E-state index contributed by atoms with van der Waals surface area (Å²) in [6, 6.07) is 5.60. The Morgan fingerprint density at radius 2 is 1.89 bits per heavy atom. The quantitative estimate of drug-likeness (QED) is 0.395. The maximum absolute atomic E-state index is 12.6. The second kappa shape index (κ2) is 7.42. The van der Waals surface area contributed by atoms with Crippen LogP contribution in [0.2, 0.25) is 0 Å². The minimum absolute atomic E-state index is 0.0589. The third kappa shape index (κ3) is 4.19. The fraction of sp³-hybridized carbons (Fsp3) is 0.526. The molecule has 0 bridgehead atoms. The minimum atomic E-state index is -5.69. The van der Waals surface area contributed by atoms with Gasteiger partial charge in [0.05, 0.1) is 13.0 Å². The molecule has 0 aromatic heterocycles. The van der Waals surface area contributed by atoms with E-state index in [1.807, 2.05) is 12.1 Å². The van der Waals surface area contributed by atoms with Gasteiger partial charge in [-0.05, 0) is 53.9 Å². The van der Waals surface area contributed by atoms with E-state index in [1.54, 1.807) is 13.0 Å². The lowest BCUT2D eigenvalue weighted by atomic mass is 9.81. The summed E-state index contributed by atoms with van der Waals surface area (Å²) in [5.74, 6) is -0.627. The normalized spacial score (nSPS) is 19.2. The first-order chi connectivity index (χ1) is 13.0. The Balaban J connectivity index is 1.90. The van der Waals surface area contributed by atoms with Gasteiger partial charge in [0.15, 0.2) is 0 Å². The van der Waals surface area contributed by atoms with Gasteiger partial charge >= 0.3 is 21.6 Å². The van der Waals surface area contributed by atoms with E-state index < -0.39 is 15.6 Å². The number of halogens is 3. The number of carbonyl (C=O) groups is 1. The average molecular weight is 418 g/mol. The number of carbonyl (C=O) groups excluding carboxylic acids is 1. The third-order valence-electron chi connectivity index (χ3n) is 5.25. The number of alkyl halides is 3. The van der Waals surface area contributed by atoms with Crippen molar-refractivity contribution >= 4 is 22.2 Å². The number of methoxy groups -OCH3 is 1. The van der Waals surface area contributed by atoms with Crippen LogP contribution in [0.1, 0.15) is 48.8 Å². The highest BCUT2D eigenvalue weighted by atomic mass is 32.2. The number of aryl methyl sites for hydroxylation is 1. The molecular weight excluding hydrogens is 397 g/mol. The van der Waals surface area contributed by atoms with Crippen LogP contribution in [-0.2, 0) is 30.3 Å². The van der Waals surface area contributed by atoms with E-state index in [4.69, 9.17) is 4.74 Å². The fourth-order valence-electron chi connectivity index (χ4n) is 3.70. The standard InChI is InChI=1S/C19H21F3O5S/c1-11(18(23)26-2)17(13-4-5-13)14-6-3-12-7-8-16(10-15(12)9-14)27-28(24,25)19(20,21)22/h3,6,9-11,13,17H,4-5,7-8H2,1-2H3. The number of benzene rings is 1. The van der Waals surface area contributed by atoms with Crippen LogP contribution in [0.15, 0.2) is 24.0 Å². The van der Waals surface area contributed by atoms with Crippen molar-refractivity contribution in [3.8, 4) is 0 Å². The van der Waals surface area contributed by atoms with Gasteiger partial charge < -0.3 is 8.92 Å². The summed E-state index contributed by atoms with van der Waals surface area (Å²) in [5.41, 5.74) is -3.09. The molecule has 1 aromatic rings. The maximum atomic E-state index is 12.6. The van der Waals surface area contributed by atoms with E-state index in [0.29, 0.717) is 17.9 Å². The van der Waals surface area contributed by atoms with Gasteiger partial charge in [0.2, 0.25) is 0 Å². The molecule has 2 unspecified atom stereocenters. The summed E-state index contributed by atoms with van der Waals surface area (Å²) in [6.07, 6.45) is 3.76. The first kappa shape index (κ1) is 20.7. The van der Waals surface area contributed by atoms with E-state index in [0.717, 1.165) is 24.0 Å². The molecule has 2 aliphatic carbocycles. The molecule has 2 atom stereocenters. The molecule has 0 heterocycles. The van der Waals surface area contributed by atoms with E-state index in [9.17, 15) is 26.4 Å². The molecule has 1 fully saturated rings. The Morgan fingerprint density at radius 1 is 1.21 bits per heavy atom. The number of ether oxygens (including phenoxy) is 1. The summed E-state index contributed by atoms with van der Waals surface area (Å²) in [4.78, 5) is 12.0. The molecular formula is C19H21F3O5S. The van der Waals surface area contributed by atoms with Gasteiger partial charge in [-0.25, -0.2) is 0 Å². The molecule has 154 valence electrons. The van der Waals surface area contributed by atoms with Gasteiger partial charge in [-0.3, -0.25) is 4.79 Å². The molecule has 2 aliphatic rings. The lowest BCUT2D eigenvalue weighted by Gasteiger charge is -2.24. The van der Waals surface area contributed by atoms with Crippen molar-refractivity contribution in [3.63, 3.8) is 0 Å². The Kier molecular flexibility index (Phi) is 5.49. The third-order valence-corrected chi connectivity index (χ3v) is 6.25. The molecule has 0 radical (unpaired) electrons. The van der Waals surface area contributed by atoms with E-state index in [1.165, 1.54) is 13.2 Å². The van der Waals surface area contributed by atoms with Gasteiger partial charge in [-0.2, -0.15) is 21.6 Å². The van der Waals surface area contributed by atoms with Crippen LogP contribution in [0.3, 0.4) is 0 Å². The van der Waals surface area contributed by atoms with Gasteiger partial charge in [-0.15, -0.1) is 0 Å². The van der Waals surface area contributed by atoms with Gasteiger partial charge in [-0.1, -0.05) is 25.1 Å². The molecule has 3 rings (SSSR count). The van der Waals surface area contributed by atoms with Crippen molar-refractivity contribution in [2.45, 2.75) is 44.0 Å². The predicted octanol–water partition coefficient (Wildman–Crippen LogP) is 4.14. The molecule has 0 spiro atoms. The molecule has 0 N–H and O–H groups in total. The first-order valence-electron chi connectivity index (χ1n) is 8.95. The molecule has 1 saturated carbocycles. The van der Waals surface area contributed by atoms with Gasteiger partial charge in [0.25, 0.3) is 0 Å². The molecule has 0 saturated heterocycles. The van der Waals surface area contributed by atoms with Crippen molar-refractivity contribution in [2.75, 3.05) is 7.11 Å². The van der Waals surface area contributed by atoms with Crippen LogP contribution < -0.4 is 0 Å². The smallest absolute Gasteiger partial charge is 0.469 e. The second-order valence-corrected chi connectivity index (χ2v) is 8.76. The SMILES string of the molecule is COC(=O)C(C)C(c1ccc2c(c1)C=C(OS(=O)(=O)C(F)(F)F)CC2)C1CC1. The van der Waals surface area contributed by atoms with E-state index in [2.05, 4.69) is 4.18 Å². The highest BCUT2D eigenvalue weighted by Gasteiger charge is 2.49. The summed E-state index contributed by atoms with van der Waals surface area (Å²) < 4.78 is 69.4. The summed E-state index contributed by atoms with van der Waals surface area (Å²) in [7, 11) is -4.35. The van der Waals surface area contributed by atoms with Crippen molar-refractivity contribution in [1.82, 2.24) is 0 Å². The largest absolute Gasteiger partial charge is 0.534 e. The van der Waals surface area contributed by atoms with Crippen LogP contribution in [-0.4, -0.2) is 27.0 Å². The highest BCUT2D eigenvalue weighted by Crippen LogP contribution is 2.47. The number of fused-ring (bicyclic) bond motifs is 1.